The van der Waals surface area contributed by atoms with E-state index in [1.807, 2.05) is 32.2 Å². The van der Waals surface area contributed by atoms with E-state index in [-0.39, 0.29) is 0 Å². The van der Waals surface area contributed by atoms with Crippen molar-refractivity contribution in [3.05, 3.63) is 35.9 Å². The fraction of sp³-hybridized carbons (Fsp3) is 0.429. The summed E-state index contributed by atoms with van der Waals surface area (Å²) in [6, 6.07) is 6.12. The largest absolute Gasteiger partial charge is 0.347 e. The van der Waals surface area contributed by atoms with Gasteiger partial charge in [0.1, 0.15) is 5.82 Å². The number of carbonyl (C=O) groups excluding carboxylic acids is 1. The Labute approximate surface area is 106 Å². The van der Waals surface area contributed by atoms with Crippen LogP contribution in [0.4, 0.5) is 0 Å². The van der Waals surface area contributed by atoms with Gasteiger partial charge in [-0.25, -0.2) is 4.98 Å². The molecule has 3 rings (SSSR count). The van der Waals surface area contributed by atoms with Crippen molar-refractivity contribution < 1.29 is 4.79 Å². The summed E-state index contributed by atoms with van der Waals surface area (Å²) in [5.74, 6) is 1.50. The number of hydrogen-bond acceptors (Lipinski definition) is 2. The second-order valence-corrected chi connectivity index (χ2v) is 5.44. The summed E-state index contributed by atoms with van der Waals surface area (Å²) in [6.07, 6.45) is 5.20. The van der Waals surface area contributed by atoms with E-state index in [2.05, 4.69) is 15.8 Å². The molecule has 0 aliphatic heterocycles. The van der Waals surface area contributed by atoms with Gasteiger partial charge in [-0.15, -0.1) is 0 Å². The van der Waals surface area contributed by atoms with E-state index >= 15 is 0 Å². The highest BCUT2D eigenvalue weighted by atomic mass is 16.1. The number of carbonyl (C=O) groups is 1. The number of nitrogens with one attached hydrogen (secondary N) is 1. The van der Waals surface area contributed by atoms with E-state index in [0.717, 1.165) is 17.8 Å². The molecule has 1 aliphatic rings. The van der Waals surface area contributed by atoms with E-state index in [0.29, 0.717) is 5.92 Å². The van der Waals surface area contributed by atoms with Gasteiger partial charge >= 0.3 is 0 Å². The van der Waals surface area contributed by atoms with E-state index in [1.54, 1.807) is 0 Å². The maximum Gasteiger partial charge on any atom is 0.207 e. The molecule has 18 heavy (non-hydrogen) atoms. The first-order valence-electron chi connectivity index (χ1n) is 6.32. The van der Waals surface area contributed by atoms with Gasteiger partial charge in [0.2, 0.25) is 6.41 Å². The molecule has 4 nitrogen and oxygen atoms in total. The standard InChI is InChI=1S/C14H17N3O/c1-14(2,15-9-18)13-16-12(10-6-7-10)11-5-3-4-8-17(11)13/h3-5,8-10H,6-7H2,1-2H3,(H,15,18). The van der Waals surface area contributed by atoms with E-state index in [4.69, 9.17) is 4.98 Å². The molecule has 94 valence electrons. The molecule has 1 aliphatic carbocycles. The lowest BCUT2D eigenvalue weighted by atomic mass is 10.1. The van der Waals surface area contributed by atoms with Crippen LogP contribution in [0.15, 0.2) is 24.4 Å². The molecule has 1 fully saturated rings. The molecule has 1 N–H and O–H groups in total. The molecular formula is C14H17N3O. The molecule has 4 heteroatoms. The first-order chi connectivity index (χ1) is 8.63. The lowest BCUT2D eigenvalue weighted by Crippen LogP contribution is -2.37. The minimum atomic E-state index is -0.459. The molecular weight excluding hydrogens is 226 g/mol. The number of imidazole rings is 1. The van der Waals surface area contributed by atoms with Crippen LogP contribution in [-0.4, -0.2) is 15.8 Å². The summed E-state index contributed by atoms with van der Waals surface area (Å²) >= 11 is 0. The molecule has 0 saturated heterocycles. The number of hydrogen-bond donors (Lipinski definition) is 1. The highest BCUT2D eigenvalue weighted by Crippen LogP contribution is 2.42. The monoisotopic (exact) mass is 243 g/mol. The van der Waals surface area contributed by atoms with Crippen molar-refractivity contribution in [1.82, 2.24) is 14.7 Å². The van der Waals surface area contributed by atoms with Gasteiger partial charge in [0, 0.05) is 12.1 Å². The lowest BCUT2D eigenvalue weighted by Gasteiger charge is -2.22. The zero-order valence-corrected chi connectivity index (χ0v) is 10.7. The fourth-order valence-electron chi connectivity index (χ4n) is 2.37. The van der Waals surface area contributed by atoms with Gasteiger partial charge in [0.05, 0.1) is 16.7 Å². The van der Waals surface area contributed by atoms with Crippen molar-refractivity contribution in [2.24, 2.45) is 0 Å². The predicted molar refractivity (Wildman–Crippen MR) is 69.4 cm³/mol. The summed E-state index contributed by atoms with van der Waals surface area (Å²) in [7, 11) is 0. The summed E-state index contributed by atoms with van der Waals surface area (Å²) in [5.41, 5.74) is 1.88. The number of aromatic nitrogens is 2. The van der Waals surface area contributed by atoms with Gasteiger partial charge in [0.15, 0.2) is 0 Å². The normalized spacial score (nSPS) is 15.9. The van der Waals surface area contributed by atoms with E-state index in [1.165, 1.54) is 18.5 Å². The number of rotatable bonds is 4. The van der Waals surface area contributed by atoms with Crippen LogP contribution in [0.3, 0.4) is 0 Å². The Morgan fingerprint density at radius 2 is 2.22 bits per heavy atom. The average Bonchev–Trinajstić information content (AvgIpc) is 3.09. The van der Waals surface area contributed by atoms with Gasteiger partial charge in [-0.1, -0.05) is 6.07 Å². The van der Waals surface area contributed by atoms with Gasteiger partial charge in [-0.05, 0) is 38.8 Å². The van der Waals surface area contributed by atoms with Crippen LogP contribution in [0.2, 0.25) is 0 Å². The molecule has 0 aromatic carbocycles. The van der Waals surface area contributed by atoms with Crippen LogP contribution in [-0.2, 0) is 10.3 Å². The van der Waals surface area contributed by atoms with Crippen molar-refractivity contribution in [1.29, 1.82) is 0 Å². The van der Waals surface area contributed by atoms with Gasteiger partial charge in [0.25, 0.3) is 0 Å². The average molecular weight is 243 g/mol. The molecule has 0 radical (unpaired) electrons. The molecule has 0 atom stereocenters. The van der Waals surface area contributed by atoms with Crippen LogP contribution in [0, 0.1) is 0 Å². The summed E-state index contributed by atoms with van der Waals surface area (Å²) in [5, 5.41) is 2.84. The minimum Gasteiger partial charge on any atom is -0.347 e. The first-order valence-corrected chi connectivity index (χ1v) is 6.32. The molecule has 2 heterocycles. The highest BCUT2D eigenvalue weighted by molar-refractivity contribution is 5.57. The molecule has 0 spiro atoms. The third kappa shape index (κ3) is 1.68. The second-order valence-electron chi connectivity index (χ2n) is 5.44. The van der Waals surface area contributed by atoms with Crippen LogP contribution >= 0.6 is 0 Å². The summed E-state index contributed by atoms with van der Waals surface area (Å²) < 4.78 is 2.09. The van der Waals surface area contributed by atoms with Crippen molar-refractivity contribution in [3.8, 4) is 0 Å². The Kier molecular flexibility index (Phi) is 2.40. The Hall–Kier alpha value is -1.84. The van der Waals surface area contributed by atoms with E-state index in [9.17, 15) is 4.79 Å². The zero-order chi connectivity index (χ0) is 12.8. The molecule has 1 saturated carbocycles. The van der Waals surface area contributed by atoms with Crippen molar-refractivity contribution in [2.75, 3.05) is 0 Å². The van der Waals surface area contributed by atoms with Gasteiger partial charge in [-0.3, -0.25) is 4.79 Å². The molecule has 0 unspecified atom stereocenters. The quantitative estimate of drug-likeness (QED) is 0.837. The second kappa shape index (κ2) is 3.83. The van der Waals surface area contributed by atoms with Crippen molar-refractivity contribution in [3.63, 3.8) is 0 Å². The van der Waals surface area contributed by atoms with Crippen LogP contribution in [0.25, 0.3) is 5.52 Å². The summed E-state index contributed by atoms with van der Waals surface area (Å²) in [4.78, 5) is 15.5. The molecule has 2 aromatic heterocycles. The van der Waals surface area contributed by atoms with Gasteiger partial charge < -0.3 is 9.72 Å². The Morgan fingerprint density at radius 1 is 1.44 bits per heavy atom. The molecule has 1 amide bonds. The molecule has 0 bridgehead atoms. The maximum absolute atomic E-state index is 10.7. The van der Waals surface area contributed by atoms with E-state index < -0.39 is 5.54 Å². The first kappa shape index (κ1) is 11.3. The third-order valence-corrected chi connectivity index (χ3v) is 3.52. The maximum atomic E-state index is 10.7. The Balaban J connectivity index is 2.20. The topological polar surface area (TPSA) is 46.4 Å². The zero-order valence-electron chi connectivity index (χ0n) is 10.7. The predicted octanol–water partition coefficient (Wildman–Crippen LogP) is 2.19. The number of pyridine rings is 1. The summed E-state index contributed by atoms with van der Waals surface area (Å²) in [6.45, 7) is 3.94. The highest BCUT2D eigenvalue weighted by Gasteiger charge is 2.32. The number of fused-ring (bicyclic) bond motifs is 1. The molecule has 2 aromatic rings. The minimum absolute atomic E-state index is 0.459. The Bertz CT molecular complexity index is 596. The van der Waals surface area contributed by atoms with Crippen LogP contribution in [0.1, 0.15) is 44.1 Å². The van der Waals surface area contributed by atoms with Crippen molar-refractivity contribution >= 4 is 11.9 Å². The van der Waals surface area contributed by atoms with Crippen LogP contribution < -0.4 is 5.32 Å². The van der Waals surface area contributed by atoms with Crippen LogP contribution in [0.5, 0.6) is 0 Å². The van der Waals surface area contributed by atoms with Gasteiger partial charge in [-0.2, -0.15) is 0 Å². The lowest BCUT2D eigenvalue weighted by molar-refractivity contribution is -0.111. The Morgan fingerprint density at radius 3 is 2.89 bits per heavy atom. The third-order valence-electron chi connectivity index (χ3n) is 3.52. The fourth-order valence-corrected chi connectivity index (χ4v) is 2.37. The van der Waals surface area contributed by atoms with Crippen molar-refractivity contribution in [2.45, 2.75) is 38.1 Å². The smallest absolute Gasteiger partial charge is 0.207 e. The number of amides is 1. The SMILES string of the molecule is CC(C)(NC=O)c1nc(C2CC2)c2ccccn12. The number of nitrogens with zero attached hydrogens (tertiary/aromatic N) is 2.